The Morgan fingerprint density at radius 2 is 1.89 bits per heavy atom. The van der Waals surface area contributed by atoms with Gasteiger partial charge < -0.3 is 10.6 Å². The molecule has 28 heavy (non-hydrogen) atoms. The number of alkyl halides is 3. The van der Waals surface area contributed by atoms with E-state index in [1.54, 1.807) is 6.07 Å². The van der Waals surface area contributed by atoms with Gasteiger partial charge in [0.2, 0.25) is 15.7 Å². The van der Waals surface area contributed by atoms with Gasteiger partial charge in [0.15, 0.2) is 0 Å². The summed E-state index contributed by atoms with van der Waals surface area (Å²) in [7, 11) is -4.19. The molecule has 1 unspecified atom stereocenters. The van der Waals surface area contributed by atoms with Gasteiger partial charge in [-0.25, -0.2) is 8.42 Å². The number of benzene rings is 2. The highest BCUT2D eigenvalue weighted by Crippen LogP contribution is 2.32. The summed E-state index contributed by atoms with van der Waals surface area (Å²) in [5.74, 6) is -0.233. The van der Waals surface area contributed by atoms with Crippen LogP contribution in [-0.4, -0.2) is 26.9 Å². The minimum absolute atomic E-state index is 0.0363. The zero-order valence-corrected chi connectivity index (χ0v) is 15.6. The Kier molecular flexibility index (Phi) is 5.76. The molecule has 9 heteroatoms. The maximum Gasteiger partial charge on any atom is 0.416 e. The fraction of sp³-hybridized carbons (Fsp3) is 0.316. The molecule has 2 aromatic carbocycles. The van der Waals surface area contributed by atoms with Crippen LogP contribution in [0.5, 0.6) is 0 Å². The van der Waals surface area contributed by atoms with E-state index < -0.39 is 26.5 Å². The van der Waals surface area contributed by atoms with Crippen LogP contribution in [-0.2, 0) is 27.4 Å². The van der Waals surface area contributed by atoms with Gasteiger partial charge in [0.25, 0.3) is 0 Å². The zero-order chi connectivity index (χ0) is 20.4. The Bertz CT molecular complexity index is 968. The highest BCUT2D eigenvalue weighted by Gasteiger charge is 2.32. The Morgan fingerprint density at radius 1 is 1.14 bits per heavy atom. The Morgan fingerprint density at radius 3 is 2.57 bits per heavy atom. The summed E-state index contributed by atoms with van der Waals surface area (Å²) in [6.07, 6.45) is -3.05. The number of hydrogen-bond acceptors (Lipinski definition) is 4. The molecule has 1 saturated heterocycles. The van der Waals surface area contributed by atoms with Crippen molar-refractivity contribution >= 4 is 15.7 Å². The largest absolute Gasteiger partial charge is 0.416 e. The standard InChI is InChI=1S/C19H19F3N2O3S/c20-19(21,22)14-6-3-7-15(11-14)28(26,27)17-9-2-1-5-13(17)12-24-18(25)16-8-4-10-23-16/h1-3,5-7,9,11,16,23H,4,8,10,12H2,(H,24,25). The average molecular weight is 412 g/mol. The van der Waals surface area contributed by atoms with E-state index in [1.165, 1.54) is 18.2 Å². The van der Waals surface area contributed by atoms with Crippen molar-refractivity contribution in [1.29, 1.82) is 0 Å². The molecule has 0 spiro atoms. The molecule has 0 aromatic heterocycles. The molecule has 1 fully saturated rings. The van der Waals surface area contributed by atoms with E-state index in [2.05, 4.69) is 10.6 Å². The van der Waals surface area contributed by atoms with Crippen molar-refractivity contribution < 1.29 is 26.4 Å². The predicted molar refractivity (Wildman–Crippen MR) is 96.2 cm³/mol. The number of carbonyl (C=O) groups excluding carboxylic acids is 1. The van der Waals surface area contributed by atoms with E-state index >= 15 is 0 Å². The van der Waals surface area contributed by atoms with Gasteiger partial charge in [-0.3, -0.25) is 4.79 Å². The van der Waals surface area contributed by atoms with Crippen LogP contribution < -0.4 is 10.6 Å². The fourth-order valence-corrected chi connectivity index (χ4v) is 4.63. The third kappa shape index (κ3) is 4.36. The quantitative estimate of drug-likeness (QED) is 0.792. The number of amides is 1. The Labute approximate surface area is 160 Å². The highest BCUT2D eigenvalue weighted by atomic mass is 32.2. The zero-order valence-electron chi connectivity index (χ0n) is 14.8. The molecule has 1 aliphatic rings. The topological polar surface area (TPSA) is 75.3 Å². The summed E-state index contributed by atoms with van der Waals surface area (Å²) in [5, 5.41) is 5.74. The number of sulfone groups is 1. The molecular weight excluding hydrogens is 393 g/mol. The van der Waals surface area contributed by atoms with Crippen molar-refractivity contribution in [2.75, 3.05) is 6.54 Å². The van der Waals surface area contributed by atoms with Crippen LogP contribution in [0.4, 0.5) is 13.2 Å². The lowest BCUT2D eigenvalue weighted by molar-refractivity contribution is -0.137. The first kappa shape index (κ1) is 20.3. The number of carbonyl (C=O) groups is 1. The van der Waals surface area contributed by atoms with Gasteiger partial charge in [-0.15, -0.1) is 0 Å². The summed E-state index contributed by atoms with van der Waals surface area (Å²) in [6, 6.07) is 9.27. The first-order chi connectivity index (χ1) is 13.2. The van der Waals surface area contributed by atoms with Crippen LogP contribution in [0.15, 0.2) is 58.3 Å². The van der Waals surface area contributed by atoms with E-state index in [4.69, 9.17) is 0 Å². The second-order valence-corrected chi connectivity index (χ2v) is 8.42. The molecular formula is C19H19F3N2O3S. The van der Waals surface area contributed by atoms with E-state index in [1.807, 2.05) is 0 Å². The molecule has 1 heterocycles. The van der Waals surface area contributed by atoms with Gasteiger partial charge >= 0.3 is 6.18 Å². The second-order valence-electron chi connectivity index (χ2n) is 6.50. The molecule has 0 bridgehead atoms. The normalized spacial score (nSPS) is 17.5. The monoisotopic (exact) mass is 412 g/mol. The van der Waals surface area contributed by atoms with Crippen LogP contribution >= 0.6 is 0 Å². The molecule has 1 amide bonds. The fourth-order valence-electron chi connectivity index (χ4n) is 3.09. The van der Waals surface area contributed by atoms with Crippen LogP contribution in [0.25, 0.3) is 0 Å². The molecule has 1 atom stereocenters. The SMILES string of the molecule is O=C(NCc1ccccc1S(=O)(=O)c1cccc(C(F)(F)F)c1)C1CCCN1. The maximum absolute atomic E-state index is 12.9. The average Bonchev–Trinajstić information content (AvgIpc) is 3.20. The second kappa shape index (κ2) is 7.92. The van der Waals surface area contributed by atoms with Crippen molar-refractivity contribution in [1.82, 2.24) is 10.6 Å². The lowest BCUT2D eigenvalue weighted by Gasteiger charge is -2.15. The van der Waals surface area contributed by atoms with Crippen LogP contribution in [0.1, 0.15) is 24.0 Å². The highest BCUT2D eigenvalue weighted by molar-refractivity contribution is 7.91. The molecule has 0 saturated carbocycles. The van der Waals surface area contributed by atoms with E-state index in [-0.39, 0.29) is 23.4 Å². The van der Waals surface area contributed by atoms with Gasteiger partial charge in [0, 0.05) is 6.54 Å². The molecule has 2 N–H and O–H groups in total. The van der Waals surface area contributed by atoms with Crippen molar-refractivity contribution in [2.24, 2.45) is 0 Å². The van der Waals surface area contributed by atoms with Gasteiger partial charge in [-0.1, -0.05) is 24.3 Å². The van der Waals surface area contributed by atoms with E-state index in [9.17, 15) is 26.4 Å². The first-order valence-corrected chi connectivity index (χ1v) is 10.2. The van der Waals surface area contributed by atoms with E-state index in [0.717, 1.165) is 31.2 Å². The smallest absolute Gasteiger partial charge is 0.351 e. The number of rotatable bonds is 5. The molecule has 0 radical (unpaired) electrons. The van der Waals surface area contributed by atoms with Crippen LogP contribution in [0, 0.1) is 0 Å². The minimum Gasteiger partial charge on any atom is -0.351 e. The molecule has 5 nitrogen and oxygen atoms in total. The van der Waals surface area contributed by atoms with Gasteiger partial charge in [0.05, 0.1) is 21.4 Å². The van der Waals surface area contributed by atoms with Gasteiger partial charge in [-0.05, 0) is 49.2 Å². The summed E-state index contributed by atoms with van der Waals surface area (Å²) < 4.78 is 64.7. The summed E-state index contributed by atoms with van der Waals surface area (Å²) in [4.78, 5) is 11.6. The summed E-state index contributed by atoms with van der Waals surface area (Å²) in [6.45, 7) is 0.712. The number of halogens is 3. The summed E-state index contributed by atoms with van der Waals surface area (Å²) >= 11 is 0. The molecule has 3 rings (SSSR count). The molecule has 1 aliphatic heterocycles. The van der Waals surface area contributed by atoms with Crippen molar-refractivity contribution in [3.8, 4) is 0 Å². The van der Waals surface area contributed by atoms with Crippen LogP contribution in [0.3, 0.4) is 0 Å². The van der Waals surface area contributed by atoms with Crippen LogP contribution in [0.2, 0.25) is 0 Å². The lowest BCUT2D eigenvalue weighted by Crippen LogP contribution is -2.40. The molecule has 2 aromatic rings. The first-order valence-electron chi connectivity index (χ1n) is 8.71. The maximum atomic E-state index is 12.9. The Hall–Kier alpha value is -2.39. The number of nitrogens with one attached hydrogen (secondary N) is 2. The molecule has 150 valence electrons. The van der Waals surface area contributed by atoms with Gasteiger partial charge in [-0.2, -0.15) is 13.2 Å². The van der Waals surface area contributed by atoms with E-state index in [0.29, 0.717) is 18.1 Å². The predicted octanol–water partition coefficient (Wildman–Crippen LogP) is 2.91. The van der Waals surface area contributed by atoms with Crippen molar-refractivity contribution in [3.63, 3.8) is 0 Å². The number of hydrogen-bond donors (Lipinski definition) is 2. The third-order valence-corrected chi connectivity index (χ3v) is 6.42. The lowest BCUT2D eigenvalue weighted by atomic mass is 10.2. The van der Waals surface area contributed by atoms with Crippen molar-refractivity contribution in [2.45, 2.75) is 41.4 Å². The Balaban J connectivity index is 1.88. The third-order valence-electron chi connectivity index (χ3n) is 4.56. The van der Waals surface area contributed by atoms with Crippen molar-refractivity contribution in [3.05, 3.63) is 59.7 Å². The minimum atomic E-state index is -4.65. The molecule has 0 aliphatic carbocycles. The summed E-state index contributed by atoms with van der Waals surface area (Å²) in [5.41, 5.74) is -0.724. The van der Waals surface area contributed by atoms with Gasteiger partial charge in [0.1, 0.15) is 0 Å².